The Morgan fingerprint density at radius 1 is 1.12 bits per heavy atom. The molecule has 2 aromatic heterocycles. The molecule has 0 aliphatic carbocycles. The number of nitrogens with zero attached hydrogens (tertiary/aromatic N) is 4. The van der Waals surface area contributed by atoms with Gasteiger partial charge in [0.05, 0.1) is 6.04 Å². The Morgan fingerprint density at radius 3 is 2.24 bits per heavy atom. The van der Waals surface area contributed by atoms with Gasteiger partial charge in [-0.1, -0.05) is 12.1 Å². The lowest BCUT2D eigenvalue weighted by Crippen LogP contribution is -2.56. The molecule has 2 amide bonds. The van der Waals surface area contributed by atoms with Crippen LogP contribution in [0.3, 0.4) is 0 Å². The molecule has 2 aromatic rings. The molecule has 3 rings (SSSR count). The van der Waals surface area contributed by atoms with Crippen molar-refractivity contribution in [1.82, 2.24) is 19.8 Å². The van der Waals surface area contributed by atoms with Crippen LogP contribution in [-0.4, -0.2) is 57.8 Å². The highest BCUT2D eigenvalue weighted by molar-refractivity contribution is 5.95. The third-order valence-corrected chi connectivity index (χ3v) is 4.66. The number of likely N-dealkylation sites (N-methyl/N-ethyl adjacent to an activating group) is 1. The third kappa shape index (κ3) is 3.38. The first kappa shape index (κ1) is 17.1. The van der Waals surface area contributed by atoms with E-state index in [2.05, 4.69) is 9.97 Å². The van der Waals surface area contributed by atoms with Gasteiger partial charge in [-0.15, -0.1) is 0 Å². The Kier molecular flexibility index (Phi) is 4.79. The van der Waals surface area contributed by atoms with Crippen LogP contribution in [0.2, 0.25) is 0 Å². The molecule has 0 saturated carbocycles. The van der Waals surface area contributed by atoms with Crippen molar-refractivity contribution in [2.75, 3.05) is 20.1 Å². The summed E-state index contributed by atoms with van der Waals surface area (Å²) in [7, 11) is 1.75. The molecular weight excluding hydrogens is 316 g/mol. The number of hydrogen-bond donors (Lipinski definition) is 0. The van der Waals surface area contributed by atoms with Crippen LogP contribution in [0.25, 0.3) is 0 Å². The molecule has 0 radical (unpaired) electrons. The van der Waals surface area contributed by atoms with Crippen molar-refractivity contribution in [2.24, 2.45) is 0 Å². The molecule has 0 bridgehead atoms. The number of hydrogen-bond acceptors (Lipinski definition) is 4. The van der Waals surface area contributed by atoms with Crippen LogP contribution >= 0.6 is 0 Å². The predicted octanol–water partition coefficient (Wildman–Crippen LogP) is 2.08. The quantitative estimate of drug-likeness (QED) is 0.856. The van der Waals surface area contributed by atoms with Gasteiger partial charge in [0.25, 0.3) is 11.8 Å². The average molecular weight is 338 g/mol. The molecule has 0 spiro atoms. The summed E-state index contributed by atoms with van der Waals surface area (Å²) in [5, 5.41) is 0. The lowest BCUT2D eigenvalue weighted by Gasteiger charge is -2.42. The normalized spacial score (nSPS) is 16.3. The minimum atomic E-state index is -0.119. The number of amides is 2. The maximum Gasteiger partial charge on any atom is 0.273 e. The number of carbonyl (C=O) groups is 2. The second kappa shape index (κ2) is 7.01. The van der Waals surface area contributed by atoms with E-state index in [0.29, 0.717) is 24.5 Å². The van der Waals surface area contributed by atoms with Crippen LogP contribution in [0.15, 0.2) is 36.7 Å². The maximum absolute atomic E-state index is 12.7. The summed E-state index contributed by atoms with van der Waals surface area (Å²) in [6, 6.07) is 7.41. The molecule has 1 fully saturated rings. The van der Waals surface area contributed by atoms with Gasteiger partial charge >= 0.3 is 0 Å². The van der Waals surface area contributed by atoms with Crippen LogP contribution in [0.1, 0.15) is 38.5 Å². The third-order valence-electron chi connectivity index (χ3n) is 4.66. The van der Waals surface area contributed by atoms with Crippen LogP contribution < -0.4 is 0 Å². The average Bonchev–Trinajstić information content (AvgIpc) is 2.58. The summed E-state index contributed by atoms with van der Waals surface area (Å²) >= 11 is 0. The van der Waals surface area contributed by atoms with Crippen LogP contribution in [0.5, 0.6) is 0 Å². The molecule has 25 heavy (non-hydrogen) atoms. The highest BCUT2D eigenvalue weighted by atomic mass is 16.2. The van der Waals surface area contributed by atoms with E-state index >= 15 is 0 Å². The summed E-state index contributed by atoms with van der Waals surface area (Å²) in [6.45, 7) is 4.95. The second-order valence-corrected chi connectivity index (χ2v) is 6.46. The molecular formula is C19H22N4O2. The summed E-state index contributed by atoms with van der Waals surface area (Å²) in [4.78, 5) is 37.1. The summed E-state index contributed by atoms with van der Waals surface area (Å²) in [5.74, 6) is -0.185. The van der Waals surface area contributed by atoms with E-state index in [4.69, 9.17) is 0 Å². The van der Waals surface area contributed by atoms with E-state index in [1.165, 1.54) is 0 Å². The van der Waals surface area contributed by atoms with Crippen molar-refractivity contribution >= 4 is 11.8 Å². The van der Waals surface area contributed by atoms with Crippen molar-refractivity contribution in [3.05, 3.63) is 59.2 Å². The van der Waals surface area contributed by atoms with E-state index in [-0.39, 0.29) is 17.9 Å². The van der Waals surface area contributed by atoms with Crippen molar-refractivity contribution < 1.29 is 9.59 Å². The molecule has 6 heteroatoms. The fourth-order valence-corrected chi connectivity index (χ4v) is 3.03. The van der Waals surface area contributed by atoms with E-state index in [1.54, 1.807) is 29.2 Å². The van der Waals surface area contributed by atoms with Crippen molar-refractivity contribution in [2.45, 2.75) is 26.3 Å². The van der Waals surface area contributed by atoms with Gasteiger partial charge in [-0.05, 0) is 43.5 Å². The van der Waals surface area contributed by atoms with E-state index < -0.39 is 0 Å². The summed E-state index contributed by atoms with van der Waals surface area (Å²) < 4.78 is 0. The zero-order valence-corrected chi connectivity index (χ0v) is 14.8. The molecule has 1 aliphatic heterocycles. The fourth-order valence-electron chi connectivity index (χ4n) is 3.03. The molecule has 1 saturated heterocycles. The number of aromatic nitrogens is 2. The van der Waals surface area contributed by atoms with Gasteiger partial charge in [-0.2, -0.15) is 0 Å². The standard InChI is InChI=1S/C19H22N4O2/c1-13-6-4-9-20-16(13)18(24)22(3)12-15-8-11-23(15)19(25)17-14(2)7-5-10-21-17/h4-7,9-10,15H,8,11-12H2,1-3H3. The smallest absolute Gasteiger partial charge is 0.273 e. The Bertz CT molecular complexity index is 806. The molecule has 0 N–H and O–H groups in total. The SMILES string of the molecule is Cc1cccnc1C(=O)N(C)CC1CCN1C(=O)c1ncccc1C. The van der Waals surface area contributed by atoms with Gasteiger partial charge < -0.3 is 9.80 Å². The van der Waals surface area contributed by atoms with Gasteiger partial charge in [-0.3, -0.25) is 19.6 Å². The van der Waals surface area contributed by atoms with Crippen LogP contribution in [0.4, 0.5) is 0 Å². The Labute approximate surface area is 147 Å². The Balaban J connectivity index is 1.67. The zero-order valence-electron chi connectivity index (χ0n) is 14.8. The first-order chi connectivity index (χ1) is 12.0. The van der Waals surface area contributed by atoms with Crippen molar-refractivity contribution in [3.8, 4) is 0 Å². The predicted molar refractivity (Wildman–Crippen MR) is 94.4 cm³/mol. The van der Waals surface area contributed by atoms with Gasteiger partial charge in [-0.25, -0.2) is 0 Å². The molecule has 130 valence electrons. The van der Waals surface area contributed by atoms with Crippen molar-refractivity contribution in [1.29, 1.82) is 0 Å². The van der Waals surface area contributed by atoms with E-state index in [9.17, 15) is 9.59 Å². The molecule has 3 heterocycles. The topological polar surface area (TPSA) is 66.4 Å². The largest absolute Gasteiger partial charge is 0.338 e. The summed E-state index contributed by atoms with van der Waals surface area (Å²) in [6.07, 6.45) is 4.14. The zero-order chi connectivity index (χ0) is 18.0. The molecule has 6 nitrogen and oxygen atoms in total. The van der Waals surface area contributed by atoms with Crippen LogP contribution in [0, 0.1) is 13.8 Å². The maximum atomic E-state index is 12.7. The lowest BCUT2D eigenvalue weighted by molar-refractivity contribution is 0.0352. The molecule has 1 aliphatic rings. The van der Waals surface area contributed by atoms with Gasteiger partial charge in [0.15, 0.2) is 0 Å². The van der Waals surface area contributed by atoms with E-state index in [0.717, 1.165) is 17.5 Å². The minimum Gasteiger partial charge on any atom is -0.338 e. The highest BCUT2D eigenvalue weighted by Gasteiger charge is 2.35. The van der Waals surface area contributed by atoms with Crippen molar-refractivity contribution in [3.63, 3.8) is 0 Å². The van der Waals surface area contributed by atoms with E-state index in [1.807, 2.05) is 38.1 Å². The monoisotopic (exact) mass is 338 g/mol. The lowest BCUT2D eigenvalue weighted by atomic mass is 10.0. The molecule has 0 aromatic carbocycles. The molecule has 1 unspecified atom stereocenters. The number of rotatable bonds is 4. The number of aryl methyl sites for hydroxylation is 2. The Hall–Kier alpha value is -2.76. The highest BCUT2D eigenvalue weighted by Crippen LogP contribution is 2.22. The Morgan fingerprint density at radius 2 is 1.72 bits per heavy atom. The second-order valence-electron chi connectivity index (χ2n) is 6.46. The minimum absolute atomic E-state index is 0.0203. The fraction of sp³-hybridized carbons (Fsp3) is 0.368. The van der Waals surface area contributed by atoms with Gasteiger partial charge in [0, 0.05) is 32.5 Å². The number of pyridine rings is 2. The summed E-state index contributed by atoms with van der Waals surface area (Å²) in [5.41, 5.74) is 2.67. The first-order valence-corrected chi connectivity index (χ1v) is 8.38. The van der Waals surface area contributed by atoms with Gasteiger partial charge in [0.2, 0.25) is 0 Å². The number of likely N-dealkylation sites (tertiary alicyclic amines) is 1. The molecule has 1 atom stereocenters. The first-order valence-electron chi connectivity index (χ1n) is 8.38. The van der Waals surface area contributed by atoms with Crippen LogP contribution in [-0.2, 0) is 0 Å². The van der Waals surface area contributed by atoms with Gasteiger partial charge in [0.1, 0.15) is 11.4 Å². The number of carbonyl (C=O) groups excluding carboxylic acids is 2.